The van der Waals surface area contributed by atoms with Crippen LogP contribution in [0.5, 0.6) is 5.75 Å². The highest BCUT2D eigenvalue weighted by atomic mass is 16.4. The van der Waals surface area contributed by atoms with E-state index in [4.69, 9.17) is 4.42 Å². The van der Waals surface area contributed by atoms with Gasteiger partial charge in [-0.25, -0.2) is 0 Å². The predicted molar refractivity (Wildman–Crippen MR) is 90.9 cm³/mol. The quantitative estimate of drug-likeness (QED) is 0.591. The summed E-state index contributed by atoms with van der Waals surface area (Å²) in [5, 5.41) is 19.4. The van der Waals surface area contributed by atoms with Crippen molar-refractivity contribution in [3.05, 3.63) is 45.5 Å². The average Bonchev–Trinajstić information content (AvgIpc) is 2.81. The Hall–Kier alpha value is -2.34. The monoisotopic (exact) mass is 333 g/mol. The molecule has 1 unspecified atom stereocenters. The minimum absolute atomic E-state index is 0.0153. The van der Waals surface area contributed by atoms with Crippen molar-refractivity contribution in [2.45, 2.75) is 38.6 Å². The standard InChI is InChI=1S/C18H23NO5/c1-3-4-5-6-7-8-9-10-13-15(21)16(22)14-17(24-13)12(11-20)19(2)18(14)23/h7-10,12,20-21H,3-6,11H2,1-2H3. The summed E-state index contributed by atoms with van der Waals surface area (Å²) in [5.74, 6) is -1.07. The van der Waals surface area contributed by atoms with Gasteiger partial charge in [-0.05, 0) is 18.9 Å². The lowest BCUT2D eigenvalue weighted by molar-refractivity contribution is 0.0703. The van der Waals surface area contributed by atoms with E-state index in [0.717, 1.165) is 19.3 Å². The van der Waals surface area contributed by atoms with E-state index in [-0.39, 0.29) is 23.7 Å². The molecule has 2 N–H and O–H groups in total. The summed E-state index contributed by atoms with van der Waals surface area (Å²) in [6, 6.07) is -0.711. The van der Waals surface area contributed by atoms with Crippen molar-refractivity contribution in [1.29, 1.82) is 0 Å². The summed E-state index contributed by atoms with van der Waals surface area (Å²) >= 11 is 0. The predicted octanol–water partition coefficient (Wildman–Crippen LogP) is 2.61. The third-order valence-corrected chi connectivity index (χ3v) is 4.09. The molecule has 2 heterocycles. The van der Waals surface area contributed by atoms with Crippen molar-refractivity contribution < 1.29 is 19.4 Å². The number of unbranched alkanes of at least 4 members (excludes halogenated alkanes) is 3. The molecule has 0 aliphatic carbocycles. The normalized spacial score (nSPS) is 17.4. The molecule has 1 atom stereocenters. The van der Waals surface area contributed by atoms with Crippen molar-refractivity contribution in [3.63, 3.8) is 0 Å². The maximum Gasteiger partial charge on any atom is 0.261 e. The van der Waals surface area contributed by atoms with E-state index >= 15 is 0 Å². The van der Waals surface area contributed by atoms with E-state index < -0.39 is 23.1 Å². The molecular formula is C18H23NO5. The van der Waals surface area contributed by atoms with Gasteiger partial charge in [0.15, 0.2) is 5.76 Å². The maximum atomic E-state index is 12.2. The van der Waals surface area contributed by atoms with Gasteiger partial charge >= 0.3 is 0 Å². The first-order valence-electron chi connectivity index (χ1n) is 8.14. The molecule has 0 fully saturated rings. The Kier molecular flexibility index (Phi) is 5.98. The molecule has 1 aliphatic heterocycles. The molecule has 0 bridgehead atoms. The first-order valence-corrected chi connectivity index (χ1v) is 8.14. The highest BCUT2D eigenvalue weighted by Gasteiger charge is 2.40. The van der Waals surface area contributed by atoms with Crippen LogP contribution in [-0.2, 0) is 0 Å². The fraction of sp³-hybridized carbons (Fsp3) is 0.444. The average molecular weight is 333 g/mol. The molecule has 1 aromatic rings. The Balaban J connectivity index is 2.25. The molecule has 0 saturated carbocycles. The van der Waals surface area contributed by atoms with Gasteiger partial charge in [-0.15, -0.1) is 0 Å². The molecule has 1 aromatic heterocycles. The Morgan fingerprint density at radius 2 is 2.00 bits per heavy atom. The molecule has 0 spiro atoms. The molecule has 0 radical (unpaired) electrons. The Morgan fingerprint density at radius 3 is 2.67 bits per heavy atom. The van der Waals surface area contributed by atoms with Gasteiger partial charge in [-0.2, -0.15) is 0 Å². The van der Waals surface area contributed by atoms with Crippen molar-refractivity contribution >= 4 is 12.0 Å². The number of aliphatic hydroxyl groups excluding tert-OH is 1. The zero-order valence-corrected chi connectivity index (χ0v) is 14.0. The molecule has 1 aliphatic rings. The lowest BCUT2D eigenvalue weighted by Gasteiger charge is -2.16. The van der Waals surface area contributed by atoms with Crippen molar-refractivity contribution in [2.75, 3.05) is 13.7 Å². The van der Waals surface area contributed by atoms with Crippen LogP contribution in [0.25, 0.3) is 6.08 Å². The van der Waals surface area contributed by atoms with Gasteiger partial charge in [0.25, 0.3) is 5.91 Å². The van der Waals surface area contributed by atoms with E-state index in [1.807, 2.05) is 12.2 Å². The number of fused-ring (bicyclic) bond motifs is 1. The van der Waals surface area contributed by atoms with Crippen LogP contribution in [0.15, 0.2) is 27.4 Å². The Morgan fingerprint density at radius 1 is 1.25 bits per heavy atom. The fourth-order valence-corrected chi connectivity index (χ4v) is 2.64. The number of hydrogen-bond donors (Lipinski definition) is 2. The van der Waals surface area contributed by atoms with Crippen molar-refractivity contribution in [2.24, 2.45) is 0 Å². The number of nitrogens with zero attached hydrogens (tertiary/aromatic N) is 1. The summed E-state index contributed by atoms with van der Waals surface area (Å²) < 4.78 is 5.53. The van der Waals surface area contributed by atoms with Gasteiger partial charge in [0.1, 0.15) is 17.4 Å². The second-order valence-corrected chi connectivity index (χ2v) is 5.78. The molecule has 1 amide bonds. The Bertz CT molecular complexity index is 717. The van der Waals surface area contributed by atoms with Crippen LogP contribution in [0.4, 0.5) is 0 Å². The number of aliphatic hydroxyl groups is 1. The molecule has 6 nitrogen and oxygen atoms in total. The van der Waals surface area contributed by atoms with Gasteiger partial charge in [0.2, 0.25) is 11.2 Å². The van der Waals surface area contributed by atoms with Crippen LogP contribution in [-0.4, -0.2) is 34.7 Å². The van der Waals surface area contributed by atoms with Gasteiger partial charge in [-0.1, -0.05) is 38.0 Å². The lowest BCUT2D eigenvalue weighted by Crippen LogP contribution is -2.26. The summed E-state index contributed by atoms with van der Waals surface area (Å²) in [6.45, 7) is 1.79. The number of carbonyl (C=O) groups excluding carboxylic acids is 1. The zero-order valence-electron chi connectivity index (χ0n) is 14.0. The van der Waals surface area contributed by atoms with E-state index in [1.165, 1.54) is 24.4 Å². The molecular weight excluding hydrogens is 310 g/mol. The highest BCUT2D eigenvalue weighted by molar-refractivity contribution is 5.98. The number of likely N-dealkylation sites (N-methyl/N-ethyl adjacent to an activating group) is 1. The van der Waals surface area contributed by atoms with Gasteiger partial charge < -0.3 is 19.5 Å². The lowest BCUT2D eigenvalue weighted by atomic mass is 10.1. The van der Waals surface area contributed by atoms with Crippen molar-refractivity contribution in [3.8, 4) is 5.75 Å². The van der Waals surface area contributed by atoms with E-state index in [2.05, 4.69) is 6.92 Å². The van der Waals surface area contributed by atoms with Crippen LogP contribution in [0, 0.1) is 0 Å². The summed E-state index contributed by atoms with van der Waals surface area (Å²) in [5.41, 5.74) is -0.975. The molecule has 130 valence electrons. The van der Waals surface area contributed by atoms with Crippen LogP contribution in [0.1, 0.15) is 60.5 Å². The van der Waals surface area contributed by atoms with Gasteiger partial charge in [0, 0.05) is 7.05 Å². The summed E-state index contributed by atoms with van der Waals surface area (Å²) in [6.07, 6.45) is 11.4. The molecule has 2 rings (SSSR count). The zero-order chi connectivity index (χ0) is 17.7. The number of allylic oxidation sites excluding steroid dienone is 3. The van der Waals surface area contributed by atoms with Crippen LogP contribution < -0.4 is 5.43 Å². The van der Waals surface area contributed by atoms with Crippen LogP contribution in [0.3, 0.4) is 0 Å². The smallest absolute Gasteiger partial charge is 0.261 e. The number of rotatable bonds is 7. The van der Waals surface area contributed by atoms with Gasteiger partial charge in [0.05, 0.1) is 6.61 Å². The molecule has 24 heavy (non-hydrogen) atoms. The molecule has 6 heteroatoms. The number of carbonyl (C=O) groups is 1. The molecule has 0 aromatic carbocycles. The highest BCUT2D eigenvalue weighted by Crippen LogP contribution is 2.33. The van der Waals surface area contributed by atoms with Gasteiger partial charge in [-0.3, -0.25) is 9.59 Å². The first kappa shape index (κ1) is 18.0. The number of amides is 1. The number of aromatic hydroxyl groups is 1. The minimum Gasteiger partial charge on any atom is -0.502 e. The summed E-state index contributed by atoms with van der Waals surface area (Å²) in [7, 11) is 1.48. The number of hydrogen-bond acceptors (Lipinski definition) is 5. The summed E-state index contributed by atoms with van der Waals surface area (Å²) in [4.78, 5) is 25.5. The maximum absolute atomic E-state index is 12.2. The first-order chi connectivity index (χ1) is 11.5. The third kappa shape index (κ3) is 3.43. The Labute approximate surface area is 140 Å². The van der Waals surface area contributed by atoms with Crippen LogP contribution in [0.2, 0.25) is 0 Å². The fourth-order valence-electron chi connectivity index (χ4n) is 2.64. The minimum atomic E-state index is -0.768. The van der Waals surface area contributed by atoms with Crippen LogP contribution >= 0.6 is 0 Å². The topological polar surface area (TPSA) is 91.0 Å². The largest absolute Gasteiger partial charge is 0.502 e. The van der Waals surface area contributed by atoms with E-state index in [9.17, 15) is 19.8 Å². The second kappa shape index (κ2) is 7.97. The van der Waals surface area contributed by atoms with E-state index in [1.54, 1.807) is 6.08 Å². The van der Waals surface area contributed by atoms with Crippen molar-refractivity contribution in [1.82, 2.24) is 4.90 Å². The van der Waals surface area contributed by atoms with E-state index in [0.29, 0.717) is 0 Å². The third-order valence-electron chi connectivity index (χ3n) is 4.09. The molecule has 0 saturated heterocycles. The second-order valence-electron chi connectivity index (χ2n) is 5.78. The SMILES string of the molecule is CCCCCC=CC=Cc1oc2c(c(=O)c1O)C(=O)N(C)C2CO.